The number of carbonyl (C=O) groups is 2. The number of carboxylic acids is 1. The van der Waals surface area contributed by atoms with Gasteiger partial charge < -0.3 is 41.8 Å². The minimum Gasteiger partial charge on any atom is -0.480 e. The van der Waals surface area contributed by atoms with Crippen molar-refractivity contribution in [3.8, 4) is 0 Å². The molecule has 1 aliphatic heterocycles. The number of imidazole rings is 1. The summed E-state index contributed by atoms with van der Waals surface area (Å²) in [7, 11) is -5.01. The molecule has 0 radical (unpaired) electrons. The van der Waals surface area contributed by atoms with Gasteiger partial charge in [-0.25, -0.2) is 19.5 Å². The number of nitrogens with one attached hydrogen (secondary N) is 1. The number of anilines is 1. The van der Waals surface area contributed by atoms with Crippen LogP contribution in [0.2, 0.25) is 0 Å². The first kappa shape index (κ1) is 29.1. The molecule has 19 nitrogen and oxygen atoms in total. The average molecular weight is 561 g/mol. The van der Waals surface area contributed by atoms with Gasteiger partial charge in [-0.2, -0.15) is 0 Å². The van der Waals surface area contributed by atoms with E-state index in [0.29, 0.717) is 0 Å². The van der Waals surface area contributed by atoms with Crippen molar-refractivity contribution in [2.24, 2.45) is 16.5 Å². The standard InChI is InChI=1S/C18H28N9O10P/c19-14-11-15(25-6-24-14)27(7-26-11)16-13(30)12(29)9(36-16)5-35-38(33,34)37-10(28)4-23-8(17(31)32)2-1-3-22-18(20)21/h6-9,12-13,16,23,29-30H,1-5H2,(H,31,32)(H,33,34)(H2,19,24,25)(H4,20,21,22). The van der Waals surface area contributed by atoms with Gasteiger partial charge in [-0.15, -0.1) is 0 Å². The zero-order valence-corrected chi connectivity index (χ0v) is 20.6. The molecule has 0 amide bonds. The van der Waals surface area contributed by atoms with E-state index in [2.05, 4.69) is 29.8 Å². The molecule has 2 aromatic heterocycles. The number of phosphoric acid groups is 1. The zero-order valence-electron chi connectivity index (χ0n) is 19.7. The number of ether oxygens (including phenoxy) is 1. The number of hydrogen-bond acceptors (Lipinski definition) is 14. The Morgan fingerprint density at radius 1 is 1.26 bits per heavy atom. The summed E-state index contributed by atoms with van der Waals surface area (Å²) in [5.41, 5.74) is 16.5. The molecule has 2 aromatic rings. The van der Waals surface area contributed by atoms with Gasteiger partial charge in [0.2, 0.25) is 0 Å². The molecule has 210 valence electrons. The first-order chi connectivity index (χ1) is 17.9. The fourth-order valence-electron chi connectivity index (χ4n) is 3.53. The summed E-state index contributed by atoms with van der Waals surface area (Å²) in [6.07, 6.45) is -2.83. The minimum absolute atomic E-state index is 0.0535. The highest BCUT2D eigenvalue weighted by molar-refractivity contribution is 7.48. The van der Waals surface area contributed by atoms with Crippen molar-refractivity contribution in [2.75, 3.05) is 25.4 Å². The highest BCUT2D eigenvalue weighted by atomic mass is 31.2. The smallest absolute Gasteiger partial charge is 0.480 e. The van der Waals surface area contributed by atoms with Crippen molar-refractivity contribution >= 4 is 42.7 Å². The second-order valence-corrected chi connectivity index (χ2v) is 9.46. The van der Waals surface area contributed by atoms with E-state index >= 15 is 0 Å². The van der Waals surface area contributed by atoms with E-state index in [4.69, 9.17) is 26.5 Å². The number of carboxylic acid groups (broad SMARTS) is 1. The van der Waals surface area contributed by atoms with Crippen LogP contribution in [0, 0.1) is 0 Å². The van der Waals surface area contributed by atoms with Gasteiger partial charge in [-0.05, 0) is 12.8 Å². The predicted molar refractivity (Wildman–Crippen MR) is 127 cm³/mol. The van der Waals surface area contributed by atoms with Crippen LogP contribution in [0.5, 0.6) is 0 Å². The second-order valence-electron chi connectivity index (χ2n) is 8.08. The summed E-state index contributed by atoms with van der Waals surface area (Å²) in [5.74, 6) is -2.62. The van der Waals surface area contributed by atoms with Gasteiger partial charge in [0.25, 0.3) is 0 Å². The molecular weight excluding hydrogens is 533 g/mol. The number of aliphatic hydroxyl groups is 2. The van der Waals surface area contributed by atoms with Gasteiger partial charge in [-0.1, -0.05) is 0 Å². The molecule has 38 heavy (non-hydrogen) atoms. The molecule has 1 fully saturated rings. The van der Waals surface area contributed by atoms with Crippen molar-refractivity contribution in [1.29, 1.82) is 0 Å². The fourth-order valence-corrected chi connectivity index (χ4v) is 4.24. The minimum atomic E-state index is -5.01. The molecule has 20 heteroatoms. The van der Waals surface area contributed by atoms with Crippen LogP contribution in [0.1, 0.15) is 19.1 Å². The third kappa shape index (κ3) is 7.32. The summed E-state index contributed by atoms with van der Waals surface area (Å²) in [6.45, 7) is -1.31. The second kappa shape index (κ2) is 12.4. The predicted octanol–water partition coefficient (Wildman–Crippen LogP) is -3.22. The van der Waals surface area contributed by atoms with Crippen molar-refractivity contribution in [3.63, 3.8) is 0 Å². The number of aliphatic carboxylic acids is 1. The molecule has 1 aliphatic rings. The van der Waals surface area contributed by atoms with Gasteiger partial charge in [0.1, 0.15) is 36.2 Å². The number of aliphatic hydroxyl groups excluding tert-OH is 2. The van der Waals surface area contributed by atoms with Gasteiger partial charge >= 0.3 is 19.8 Å². The Morgan fingerprint density at radius 2 is 2.00 bits per heavy atom. The number of carbonyl (C=O) groups excluding carboxylic acids is 1. The van der Waals surface area contributed by atoms with E-state index in [9.17, 15) is 34.4 Å². The molecule has 1 saturated heterocycles. The fraction of sp³-hybridized carbons (Fsp3) is 0.556. The average Bonchev–Trinajstić information content (AvgIpc) is 3.38. The van der Waals surface area contributed by atoms with E-state index in [-0.39, 0.29) is 42.3 Å². The molecule has 0 spiro atoms. The van der Waals surface area contributed by atoms with E-state index in [1.54, 1.807) is 0 Å². The van der Waals surface area contributed by atoms with E-state index in [0.717, 1.165) is 0 Å². The van der Waals surface area contributed by atoms with Gasteiger partial charge in [0, 0.05) is 6.54 Å². The maximum Gasteiger partial charge on any atom is 0.529 e. The number of aromatic nitrogens is 4. The molecule has 6 unspecified atom stereocenters. The lowest BCUT2D eigenvalue weighted by Crippen LogP contribution is -2.40. The molecular formula is C18H28N9O10P. The van der Waals surface area contributed by atoms with Crippen LogP contribution in [0.4, 0.5) is 5.82 Å². The topological polar surface area (TPSA) is 306 Å². The third-order valence-electron chi connectivity index (χ3n) is 5.35. The Hall–Kier alpha value is -3.45. The van der Waals surface area contributed by atoms with Gasteiger partial charge in [0.05, 0.1) is 19.5 Å². The molecule has 3 rings (SSSR count). The number of fused-ring (bicyclic) bond motifs is 1. The Bertz CT molecular complexity index is 1220. The Balaban J connectivity index is 1.51. The monoisotopic (exact) mass is 561 g/mol. The zero-order chi connectivity index (χ0) is 28.0. The Morgan fingerprint density at radius 3 is 2.68 bits per heavy atom. The van der Waals surface area contributed by atoms with E-state index in [1.807, 2.05) is 0 Å². The highest BCUT2D eigenvalue weighted by Gasteiger charge is 2.45. The van der Waals surface area contributed by atoms with Crippen LogP contribution >= 0.6 is 7.82 Å². The van der Waals surface area contributed by atoms with Gasteiger partial charge in [-0.3, -0.25) is 33.9 Å². The molecule has 11 N–H and O–H groups in total. The van der Waals surface area contributed by atoms with Crippen molar-refractivity contribution in [1.82, 2.24) is 24.8 Å². The SMILES string of the molecule is NC(N)=NCCCC(NCC(=O)OP(=O)(O)OCC1OC(n2cnc3c(N)ncnc32)C(O)C1O)C(=O)O. The maximum absolute atomic E-state index is 12.2. The third-order valence-corrected chi connectivity index (χ3v) is 6.26. The molecule has 0 aromatic carbocycles. The van der Waals surface area contributed by atoms with Crippen LogP contribution in [-0.4, -0.2) is 102 Å². The molecule has 3 heterocycles. The highest BCUT2D eigenvalue weighted by Crippen LogP contribution is 2.44. The number of nitrogens with two attached hydrogens (primary N) is 3. The van der Waals surface area contributed by atoms with Gasteiger partial charge in [0.15, 0.2) is 23.7 Å². The van der Waals surface area contributed by atoms with Crippen LogP contribution in [-0.2, 0) is 27.9 Å². The normalized spacial score (nSPS) is 23.6. The Labute approximate surface area is 214 Å². The number of guanidine groups is 1. The Kier molecular flexibility index (Phi) is 9.50. The quantitative estimate of drug-likeness (QED) is 0.0516. The summed E-state index contributed by atoms with van der Waals surface area (Å²) >= 11 is 0. The van der Waals surface area contributed by atoms with Crippen LogP contribution in [0.15, 0.2) is 17.6 Å². The number of hydrogen-bond donors (Lipinski definition) is 8. The van der Waals surface area contributed by atoms with Crippen LogP contribution < -0.4 is 22.5 Å². The lowest BCUT2D eigenvalue weighted by atomic mass is 10.1. The van der Waals surface area contributed by atoms with Crippen molar-refractivity contribution < 1.29 is 48.2 Å². The number of phosphoric ester groups is 1. The lowest BCUT2D eigenvalue weighted by Gasteiger charge is -2.18. The molecule has 6 atom stereocenters. The molecule has 0 aliphatic carbocycles. The first-order valence-corrected chi connectivity index (χ1v) is 12.5. The first-order valence-electron chi connectivity index (χ1n) is 11.1. The molecule has 0 saturated carbocycles. The van der Waals surface area contributed by atoms with E-state index < -0.39 is 63.5 Å². The van der Waals surface area contributed by atoms with Crippen molar-refractivity contribution in [3.05, 3.63) is 12.7 Å². The number of rotatable bonds is 13. The largest absolute Gasteiger partial charge is 0.529 e. The van der Waals surface area contributed by atoms with Crippen LogP contribution in [0.3, 0.4) is 0 Å². The summed E-state index contributed by atoms with van der Waals surface area (Å²) < 4.78 is 28.2. The summed E-state index contributed by atoms with van der Waals surface area (Å²) in [6, 6.07) is -1.18. The number of aliphatic imine (C=N–C) groups is 1. The van der Waals surface area contributed by atoms with Crippen LogP contribution in [0.25, 0.3) is 11.2 Å². The van der Waals surface area contributed by atoms with E-state index in [1.165, 1.54) is 17.2 Å². The summed E-state index contributed by atoms with van der Waals surface area (Å²) in [5, 5.41) is 32.4. The maximum atomic E-state index is 12.2. The number of nitrogen functional groups attached to an aromatic ring is 1. The molecule has 0 bridgehead atoms. The lowest BCUT2D eigenvalue weighted by molar-refractivity contribution is -0.140. The number of nitrogens with zero attached hydrogens (tertiary/aromatic N) is 5. The summed E-state index contributed by atoms with van der Waals surface area (Å²) in [4.78, 5) is 48.8. The van der Waals surface area contributed by atoms with Crippen molar-refractivity contribution in [2.45, 2.75) is 43.4 Å².